The minimum Gasteiger partial charge on any atom is -0.356 e. The normalized spacial score (nSPS) is 11.4. The average molecular weight is 360 g/mol. The molecule has 0 saturated heterocycles. The van der Waals surface area contributed by atoms with E-state index in [0.717, 1.165) is 16.3 Å². The predicted molar refractivity (Wildman–Crippen MR) is 95.4 cm³/mol. The summed E-state index contributed by atoms with van der Waals surface area (Å²) in [5.74, 6) is 0.693. The summed E-state index contributed by atoms with van der Waals surface area (Å²) in [5, 5.41) is 3.93. The summed E-state index contributed by atoms with van der Waals surface area (Å²) < 4.78 is 30.0. The molecule has 0 radical (unpaired) electrons. The van der Waals surface area contributed by atoms with E-state index in [2.05, 4.69) is 19.4 Å². The first kappa shape index (κ1) is 16.6. The van der Waals surface area contributed by atoms with E-state index in [0.29, 0.717) is 12.4 Å². The van der Waals surface area contributed by atoms with Crippen molar-refractivity contribution in [3.8, 4) is 11.4 Å². The van der Waals surface area contributed by atoms with Crippen LogP contribution < -0.4 is 10.0 Å². The number of anilines is 1. The zero-order chi connectivity index (χ0) is 17.0. The van der Waals surface area contributed by atoms with Gasteiger partial charge in [-0.15, -0.1) is 0 Å². The van der Waals surface area contributed by atoms with Gasteiger partial charge in [0.05, 0.1) is 4.90 Å². The van der Waals surface area contributed by atoms with Gasteiger partial charge in [0.15, 0.2) is 5.82 Å². The van der Waals surface area contributed by atoms with Crippen LogP contribution in [0.4, 0.5) is 5.13 Å². The average Bonchev–Trinajstić information content (AvgIpc) is 3.10. The molecule has 2 aromatic carbocycles. The van der Waals surface area contributed by atoms with Crippen molar-refractivity contribution in [2.24, 2.45) is 0 Å². The third-order valence-corrected chi connectivity index (χ3v) is 5.51. The van der Waals surface area contributed by atoms with Gasteiger partial charge in [0, 0.05) is 23.6 Å². The Bertz CT molecular complexity index is 907. The number of rotatable bonds is 6. The predicted octanol–water partition coefficient (Wildman–Crippen LogP) is 2.73. The number of benzene rings is 2. The van der Waals surface area contributed by atoms with Crippen LogP contribution in [0, 0.1) is 0 Å². The van der Waals surface area contributed by atoms with Crippen LogP contribution in [0.25, 0.3) is 11.4 Å². The van der Waals surface area contributed by atoms with Crippen LogP contribution in [0.3, 0.4) is 0 Å². The first-order chi connectivity index (χ1) is 11.6. The quantitative estimate of drug-likeness (QED) is 0.706. The lowest BCUT2D eigenvalue weighted by Gasteiger charge is -2.05. The highest BCUT2D eigenvalue weighted by atomic mass is 32.2. The summed E-state index contributed by atoms with van der Waals surface area (Å²) in [4.78, 5) is 4.70. The summed E-state index contributed by atoms with van der Waals surface area (Å²) in [7, 11) is -2.01. The topological polar surface area (TPSA) is 84.0 Å². The Hall–Kier alpha value is -2.29. The molecule has 6 nitrogen and oxygen atoms in total. The highest BCUT2D eigenvalue weighted by molar-refractivity contribution is 7.89. The smallest absolute Gasteiger partial charge is 0.240 e. The van der Waals surface area contributed by atoms with E-state index < -0.39 is 10.0 Å². The van der Waals surface area contributed by atoms with E-state index in [1.54, 1.807) is 24.3 Å². The molecule has 0 aliphatic heterocycles. The third-order valence-electron chi connectivity index (χ3n) is 3.40. The van der Waals surface area contributed by atoms with Crippen molar-refractivity contribution in [1.29, 1.82) is 0 Å². The summed E-state index contributed by atoms with van der Waals surface area (Å²) in [6.07, 6.45) is 0. The molecule has 8 heteroatoms. The molecule has 3 aromatic rings. The second-order valence-corrected chi connectivity index (χ2v) is 7.63. The molecule has 0 fully saturated rings. The van der Waals surface area contributed by atoms with Crippen molar-refractivity contribution in [2.75, 3.05) is 12.4 Å². The summed E-state index contributed by atoms with van der Waals surface area (Å²) in [6.45, 7) is 0.545. The van der Waals surface area contributed by atoms with Gasteiger partial charge in [-0.1, -0.05) is 42.5 Å². The molecule has 2 N–H and O–H groups in total. The molecule has 0 aliphatic rings. The van der Waals surface area contributed by atoms with Crippen LogP contribution in [0.2, 0.25) is 0 Å². The second kappa shape index (κ2) is 7.08. The Balaban J connectivity index is 1.65. The Morgan fingerprint density at radius 3 is 2.42 bits per heavy atom. The van der Waals surface area contributed by atoms with Crippen LogP contribution >= 0.6 is 11.5 Å². The molecule has 0 spiro atoms. The minimum atomic E-state index is -3.40. The molecular weight excluding hydrogens is 344 g/mol. The minimum absolute atomic E-state index is 0.246. The van der Waals surface area contributed by atoms with E-state index in [1.807, 2.05) is 30.3 Å². The molecule has 124 valence electrons. The van der Waals surface area contributed by atoms with Crippen molar-refractivity contribution < 1.29 is 8.42 Å². The number of hydrogen-bond acceptors (Lipinski definition) is 6. The first-order valence-corrected chi connectivity index (χ1v) is 9.49. The number of sulfonamides is 1. The Morgan fingerprint density at radius 2 is 1.75 bits per heavy atom. The van der Waals surface area contributed by atoms with Crippen LogP contribution in [-0.4, -0.2) is 24.8 Å². The molecule has 0 unspecified atom stereocenters. The molecule has 1 aromatic heterocycles. The molecule has 0 aliphatic carbocycles. The zero-order valence-corrected chi connectivity index (χ0v) is 14.6. The Morgan fingerprint density at radius 1 is 1.04 bits per heavy atom. The van der Waals surface area contributed by atoms with E-state index >= 15 is 0 Å². The van der Waals surface area contributed by atoms with Gasteiger partial charge in [-0.3, -0.25) is 0 Å². The molecular formula is C16H16N4O2S2. The maximum absolute atomic E-state index is 11.7. The Labute approximate surface area is 144 Å². The standard InChI is InChI=1S/C16H16N4O2S2/c1-17-24(21,22)14-9-7-12(8-10-14)11-18-16-19-15(20-23-16)13-5-3-2-4-6-13/h2-10,17H,11H2,1H3,(H,18,19,20). The van der Waals surface area contributed by atoms with Crippen molar-refractivity contribution in [3.63, 3.8) is 0 Å². The van der Waals surface area contributed by atoms with Gasteiger partial charge in [0.1, 0.15) is 0 Å². The van der Waals surface area contributed by atoms with Crippen molar-refractivity contribution in [1.82, 2.24) is 14.1 Å². The molecule has 0 amide bonds. The first-order valence-electron chi connectivity index (χ1n) is 7.24. The molecule has 0 saturated carbocycles. The monoisotopic (exact) mass is 360 g/mol. The summed E-state index contributed by atoms with van der Waals surface area (Å²) in [5.41, 5.74) is 1.94. The van der Waals surface area contributed by atoms with Gasteiger partial charge in [-0.25, -0.2) is 13.1 Å². The van der Waals surface area contributed by atoms with Crippen LogP contribution in [0.15, 0.2) is 59.5 Å². The van der Waals surface area contributed by atoms with Crippen LogP contribution in [0.1, 0.15) is 5.56 Å². The summed E-state index contributed by atoms with van der Waals surface area (Å²) >= 11 is 1.30. The van der Waals surface area contributed by atoms with E-state index in [9.17, 15) is 8.42 Å². The fourth-order valence-electron chi connectivity index (χ4n) is 2.08. The molecule has 0 bridgehead atoms. The third kappa shape index (κ3) is 3.78. The highest BCUT2D eigenvalue weighted by Crippen LogP contribution is 2.21. The lowest BCUT2D eigenvalue weighted by molar-refractivity contribution is 0.588. The van der Waals surface area contributed by atoms with Gasteiger partial charge in [0.25, 0.3) is 0 Å². The zero-order valence-electron chi connectivity index (χ0n) is 12.9. The maximum atomic E-state index is 11.7. The van der Waals surface area contributed by atoms with E-state index in [1.165, 1.54) is 18.6 Å². The van der Waals surface area contributed by atoms with Crippen molar-refractivity contribution in [2.45, 2.75) is 11.4 Å². The van der Waals surface area contributed by atoms with Crippen molar-refractivity contribution in [3.05, 3.63) is 60.2 Å². The lowest BCUT2D eigenvalue weighted by atomic mass is 10.2. The fourth-order valence-corrected chi connectivity index (χ4v) is 3.40. The van der Waals surface area contributed by atoms with Crippen LogP contribution in [0.5, 0.6) is 0 Å². The highest BCUT2D eigenvalue weighted by Gasteiger charge is 2.10. The summed E-state index contributed by atoms with van der Waals surface area (Å²) in [6, 6.07) is 16.5. The van der Waals surface area contributed by atoms with E-state index in [4.69, 9.17) is 0 Å². The lowest BCUT2D eigenvalue weighted by Crippen LogP contribution is -2.18. The van der Waals surface area contributed by atoms with Gasteiger partial charge in [-0.2, -0.15) is 9.36 Å². The van der Waals surface area contributed by atoms with Gasteiger partial charge >= 0.3 is 0 Å². The van der Waals surface area contributed by atoms with E-state index in [-0.39, 0.29) is 4.90 Å². The number of nitrogens with one attached hydrogen (secondary N) is 2. The van der Waals surface area contributed by atoms with Gasteiger partial charge in [-0.05, 0) is 24.7 Å². The maximum Gasteiger partial charge on any atom is 0.240 e. The van der Waals surface area contributed by atoms with Crippen LogP contribution in [-0.2, 0) is 16.6 Å². The molecule has 0 atom stereocenters. The molecule has 3 rings (SSSR count). The molecule has 24 heavy (non-hydrogen) atoms. The number of hydrogen-bond donors (Lipinski definition) is 2. The fraction of sp³-hybridized carbons (Fsp3) is 0.125. The number of aromatic nitrogens is 2. The number of nitrogens with zero attached hydrogens (tertiary/aromatic N) is 2. The second-order valence-electron chi connectivity index (χ2n) is 4.99. The van der Waals surface area contributed by atoms with Gasteiger partial charge in [0.2, 0.25) is 15.2 Å². The Kier molecular flexibility index (Phi) is 4.89. The SMILES string of the molecule is CNS(=O)(=O)c1ccc(CNc2nc(-c3ccccc3)ns2)cc1. The largest absolute Gasteiger partial charge is 0.356 e. The molecule has 1 heterocycles. The van der Waals surface area contributed by atoms with Gasteiger partial charge < -0.3 is 5.32 Å². The van der Waals surface area contributed by atoms with Crippen molar-refractivity contribution >= 4 is 26.7 Å².